The maximum absolute atomic E-state index is 11.4. The van der Waals surface area contributed by atoms with Gasteiger partial charge in [0.05, 0.1) is 21.3 Å². The Hall–Kier alpha value is -1.91. The van der Waals surface area contributed by atoms with Crippen molar-refractivity contribution in [1.82, 2.24) is 0 Å². The molecule has 0 saturated heterocycles. The second kappa shape index (κ2) is 6.14. The molecule has 0 aliphatic carbocycles. The number of methoxy groups -OCH3 is 3. The number of aryl methyl sites for hydroxylation is 1. The molecule has 0 heterocycles. The molecule has 0 amide bonds. The molecule has 0 aromatic heterocycles. The normalized spacial score (nSPS) is 10.0. The minimum Gasteiger partial charge on any atom is -0.495 e. The zero-order chi connectivity index (χ0) is 13.7. The van der Waals surface area contributed by atoms with Crippen LogP contribution in [0.15, 0.2) is 6.07 Å². The number of carboxylic acids is 1. The SMILES string of the molecule is CCCc1cc(OC)c(OC)c(C(=O)O)c1OC. The van der Waals surface area contributed by atoms with Gasteiger partial charge in [0.1, 0.15) is 11.3 Å². The van der Waals surface area contributed by atoms with Crippen LogP contribution in [0.25, 0.3) is 0 Å². The Morgan fingerprint density at radius 3 is 2.17 bits per heavy atom. The highest BCUT2D eigenvalue weighted by Crippen LogP contribution is 2.40. The lowest BCUT2D eigenvalue weighted by Crippen LogP contribution is -2.08. The molecule has 1 aromatic rings. The van der Waals surface area contributed by atoms with Crippen molar-refractivity contribution in [3.63, 3.8) is 0 Å². The van der Waals surface area contributed by atoms with Gasteiger partial charge in [0.2, 0.25) is 0 Å². The van der Waals surface area contributed by atoms with Gasteiger partial charge in [-0.3, -0.25) is 0 Å². The molecule has 0 saturated carbocycles. The van der Waals surface area contributed by atoms with Gasteiger partial charge < -0.3 is 19.3 Å². The van der Waals surface area contributed by atoms with Crippen molar-refractivity contribution in [2.75, 3.05) is 21.3 Å². The van der Waals surface area contributed by atoms with Gasteiger partial charge in [-0.15, -0.1) is 0 Å². The zero-order valence-electron chi connectivity index (χ0n) is 11.1. The predicted molar refractivity (Wildman–Crippen MR) is 67.1 cm³/mol. The summed E-state index contributed by atoms with van der Waals surface area (Å²) in [7, 11) is 4.34. The Kier molecular flexibility index (Phi) is 4.83. The molecule has 0 radical (unpaired) electrons. The number of ether oxygens (including phenoxy) is 3. The lowest BCUT2D eigenvalue weighted by molar-refractivity contribution is 0.0688. The van der Waals surface area contributed by atoms with Gasteiger partial charge in [0.15, 0.2) is 11.5 Å². The van der Waals surface area contributed by atoms with Crippen LogP contribution in [0.2, 0.25) is 0 Å². The van der Waals surface area contributed by atoms with Crippen LogP contribution in [0.4, 0.5) is 0 Å². The van der Waals surface area contributed by atoms with Gasteiger partial charge in [0, 0.05) is 0 Å². The Balaban J connectivity index is 3.58. The molecule has 0 spiro atoms. The summed E-state index contributed by atoms with van der Waals surface area (Å²) in [5, 5.41) is 9.31. The molecule has 0 aliphatic rings. The average Bonchev–Trinajstić information content (AvgIpc) is 2.37. The zero-order valence-corrected chi connectivity index (χ0v) is 11.1. The lowest BCUT2D eigenvalue weighted by atomic mass is 10.0. The summed E-state index contributed by atoms with van der Waals surface area (Å²) in [4.78, 5) is 11.4. The van der Waals surface area contributed by atoms with Crippen LogP contribution >= 0.6 is 0 Å². The van der Waals surface area contributed by atoms with Crippen molar-refractivity contribution in [1.29, 1.82) is 0 Å². The maximum atomic E-state index is 11.4. The highest BCUT2D eigenvalue weighted by molar-refractivity contribution is 5.96. The van der Waals surface area contributed by atoms with Gasteiger partial charge in [-0.25, -0.2) is 4.79 Å². The van der Waals surface area contributed by atoms with E-state index in [0.29, 0.717) is 17.9 Å². The molecule has 1 aromatic carbocycles. The number of carbonyl (C=O) groups is 1. The molecule has 0 bridgehead atoms. The number of carboxylic acid groups (broad SMARTS) is 1. The molecular formula is C13H18O5. The molecule has 1 N–H and O–H groups in total. The van der Waals surface area contributed by atoms with Gasteiger partial charge in [-0.1, -0.05) is 13.3 Å². The lowest BCUT2D eigenvalue weighted by Gasteiger charge is -2.17. The molecule has 1 rings (SSSR count). The van der Waals surface area contributed by atoms with E-state index in [-0.39, 0.29) is 11.3 Å². The molecule has 100 valence electrons. The summed E-state index contributed by atoms with van der Waals surface area (Å²) in [6, 6.07) is 1.76. The number of benzene rings is 1. The topological polar surface area (TPSA) is 65.0 Å². The third-order valence-corrected chi connectivity index (χ3v) is 2.64. The first-order valence-electron chi connectivity index (χ1n) is 5.65. The average molecular weight is 254 g/mol. The Bertz CT molecular complexity index is 439. The summed E-state index contributed by atoms with van der Waals surface area (Å²) >= 11 is 0. The molecule has 0 aliphatic heterocycles. The molecule has 0 atom stereocenters. The summed E-state index contributed by atoms with van der Waals surface area (Å²) in [5.41, 5.74) is 0.804. The molecular weight excluding hydrogens is 236 g/mol. The standard InChI is InChI=1S/C13H18O5/c1-5-6-8-7-9(16-2)12(18-4)10(13(14)15)11(8)17-3/h7H,5-6H2,1-4H3,(H,14,15). The van der Waals surface area contributed by atoms with Crippen LogP contribution in [-0.4, -0.2) is 32.4 Å². The fourth-order valence-electron chi connectivity index (χ4n) is 1.91. The van der Waals surface area contributed by atoms with Crippen molar-refractivity contribution >= 4 is 5.97 Å². The molecule has 0 fully saturated rings. The smallest absolute Gasteiger partial charge is 0.343 e. The summed E-state index contributed by atoms with van der Waals surface area (Å²) in [5.74, 6) is -0.178. The molecule has 18 heavy (non-hydrogen) atoms. The summed E-state index contributed by atoms with van der Waals surface area (Å²) in [6.45, 7) is 2.01. The van der Waals surface area contributed by atoms with Gasteiger partial charge in [-0.2, -0.15) is 0 Å². The number of hydrogen-bond acceptors (Lipinski definition) is 4. The number of hydrogen-bond donors (Lipinski definition) is 1. The van der Waals surface area contributed by atoms with Crippen molar-refractivity contribution in [2.24, 2.45) is 0 Å². The molecule has 0 unspecified atom stereocenters. The van der Waals surface area contributed by atoms with Crippen molar-refractivity contribution < 1.29 is 24.1 Å². The van der Waals surface area contributed by atoms with E-state index in [0.717, 1.165) is 12.0 Å². The van der Waals surface area contributed by atoms with Crippen molar-refractivity contribution in [3.05, 3.63) is 17.2 Å². The maximum Gasteiger partial charge on any atom is 0.343 e. The molecule has 5 heteroatoms. The van der Waals surface area contributed by atoms with Crippen LogP contribution in [0.1, 0.15) is 29.3 Å². The number of rotatable bonds is 6. The third kappa shape index (κ3) is 2.50. The second-order valence-electron chi connectivity index (χ2n) is 3.73. The van der Waals surface area contributed by atoms with Crippen molar-refractivity contribution in [2.45, 2.75) is 19.8 Å². The summed E-state index contributed by atoms with van der Waals surface area (Å²) < 4.78 is 15.5. The van der Waals surface area contributed by atoms with E-state index in [4.69, 9.17) is 14.2 Å². The quantitative estimate of drug-likeness (QED) is 0.844. The van der Waals surface area contributed by atoms with E-state index < -0.39 is 5.97 Å². The third-order valence-electron chi connectivity index (χ3n) is 2.64. The van der Waals surface area contributed by atoms with Crippen LogP contribution in [-0.2, 0) is 6.42 Å². The van der Waals surface area contributed by atoms with Gasteiger partial charge in [0.25, 0.3) is 0 Å². The van der Waals surface area contributed by atoms with E-state index in [1.807, 2.05) is 6.92 Å². The highest BCUT2D eigenvalue weighted by Gasteiger charge is 2.25. The van der Waals surface area contributed by atoms with E-state index in [1.54, 1.807) is 6.07 Å². The fourth-order valence-corrected chi connectivity index (χ4v) is 1.91. The van der Waals surface area contributed by atoms with Crippen molar-refractivity contribution in [3.8, 4) is 17.2 Å². The molecule has 5 nitrogen and oxygen atoms in total. The first kappa shape index (κ1) is 14.2. The van der Waals surface area contributed by atoms with E-state index in [2.05, 4.69) is 0 Å². The van der Waals surface area contributed by atoms with Crippen LogP contribution in [0.3, 0.4) is 0 Å². The van der Waals surface area contributed by atoms with Gasteiger partial charge in [-0.05, 0) is 18.1 Å². The Morgan fingerprint density at radius 2 is 1.78 bits per heavy atom. The van der Waals surface area contributed by atoms with Crippen LogP contribution in [0.5, 0.6) is 17.2 Å². The fraction of sp³-hybridized carbons (Fsp3) is 0.462. The monoisotopic (exact) mass is 254 g/mol. The minimum atomic E-state index is -1.10. The first-order chi connectivity index (χ1) is 8.60. The Morgan fingerprint density at radius 1 is 1.17 bits per heavy atom. The van der Waals surface area contributed by atoms with Crippen LogP contribution in [0, 0.1) is 0 Å². The predicted octanol–water partition coefficient (Wildman–Crippen LogP) is 2.36. The Labute approximate surface area is 106 Å². The second-order valence-corrected chi connectivity index (χ2v) is 3.73. The minimum absolute atomic E-state index is 0.00259. The highest BCUT2D eigenvalue weighted by atomic mass is 16.5. The number of aromatic carboxylic acids is 1. The summed E-state index contributed by atoms with van der Waals surface area (Å²) in [6.07, 6.45) is 1.59. The van der Waals surface area contributed by atoms with E-state index >= 15 is 0 Å². The van der Waals surface area contributed by atoms with E-state index in [1.165, 1.54) is 21.3 Å². The largest absolute Gasteiger partial charge is 0.495 e. The first-order valence-corrected chi connectivity index (χ1v) is 5.65. The van der Waals surface area contributed by atoms with E-state index in [9.17, 15) is 9.90 Å². The van der Waals surface area contributed by atoms with Crippen LogP contribution < -0.4 is 14.2 Å². The van der Waals surface area contributed by atoms with Gasteiger partial charge >= 0.3 is 5.97 Å².